The third-order valence-electron chi connectivity index (χ3n) is 6.63. The number of carbonyl (C=O) groups is 2. The Labute approximate surface area is 202 Å². The minimum atomic E-state index is -0.0719. The highest BCUT2D eigenvalue weighted by Crippen LogP contribution is 2.33. The van der Waals surface area contributed by atoms with Gasteiger partial charge in [0.2, 0.25) is 18.6 Å². The second-order valence-electron chi connectivity index (χ2n) is 9.39. The number of ether oxygens (including phenoxy) is 2. The van der Waals surface area contributed by atoms with Gasteiger partial charge < -0.3 is 23.7 Å². The van der Waals surface area contributed by atoms with E-state index in [2.05, 4.69) is 13.8 Å². The lowest BCUT2D eigenvalue weighted by Gasteiger charge is -2.30. The molecule has 1 aliphatic heterocycles. The lowest BCUT2D eigenvalue weighted by atomic mass is 9.97. The molecule has 1 unspecified atom stereocenters. The van der Waals surface area contributed by atoms with Crippen molar-refractivity contribution in [3.63, 3.8) is 0 Å². The van der Waals surface area contributed by atoms with Gasteiger partial charge in [-0.15, -0.1) is 0 Å². The van der Waals surface area contributed by atoms with E-state index >= 15 is 0 Å². The summed E-state index contributed by atoms with van der Waals surface area (Å²) in [6.45, 7) is 7.16. The van der Waals surface area contributed by atoms with Crippen molar-refractivity contribution in [2.75, 3.05) is 13.3 Å². The number of fused-ring (bicyclic) bond motifs is 1. The fraction of sp³-hybridized carbons (Fsp3) is 0.556. The van der Waals surface area contributed by atoms with E-state index in [0.717, 1.165) is 55.6 Å². The van der Waals surface area contributed by atoms with Gasteiger partial charge in [0.05, 0.1) is 6.54 Å². The number of hydrogen-bond acceptors (Lipinski definition) is 5. The Morgan fingerprint density at radius 3 is 2.53 bits per heavy atom. The Bertz CT molecular complexity index is 997. The molecule has 1 aromatic carbocycles. The predicted octanol–water partition coefficient (Wildman–Crippen LogP) is 5.05. The molecule has 7 heteroatoms. The molecule has 0 saturated heterocycles. The Kier molecular flexibility index (Phi) is 7.80. The molecule has 1 saturated carbocycles. The van der Waals surface area contributed by atoms with Crippen molar-refractivity contribution < 1.29 is 23.5 Å². The summed E-state index contributed by atoms with van der Waals surface area (Å²) in [5, 5.41) is 0. The van der Waals surface area contributed by atoms with E-state index in [9.17, 15) is 9.59 Å². The molecule has 4 rings (SSSR count). The maximum absolute atomic E-state index is 13.6. The number of hydrogen-bond donors (Lipinski definition) is 0. The van der Waals surface area contributed by atoms with Gasteiger partial charge in [-0.25, -0.2) is 0 Å². The van der Waals surface area contributed by atoms with E-state index in [4.69, 9.17) is 13.9 Å². The maximum atomic E-state index is 13.6. The molecule has 2 heterocycles. The first-order valence-corrected chi connectivity index (χ1v) is 12.5. The van der Waals surface area contributed by atoms with Gasteiger partial charge in [-0.3, -0.25) is 9.59 Å². The molecule has 0 radical (unpaired) electrons. The topological polar surface area (TPSA) is 72.2 Å². The molecular formula is C27H36N2O5. The molecule has 1 aliphatic carbocycles. The first-order valence-electron chi connectivity index (χ1n) is 12.5. The number of unbranched alkanes of at least 4 members (excludes halogenated alkanes) is 1. The van der Waals surface area contributed by atoms with Crippen molar-refractivity contribution in [2.45, 2.75) is 78.4 Å². The number of carbonyl (C=O) groups excluding carboxylic acids is 2. The molecule has 2 amide bonds. The van der Waals surface area contributed by atoms with E-state index in [1.165, 1.54) is 0 Å². The van der Waals surface area contributed by atoms with E-state index in [1.807, 2.05) is 42.2 Å². The van der Waals surface area contributed by atoms with Crippen LogP contribution in [0.5, 0.6) is 11.5 Å². The van der Waals surface area contributed by atoms with Crippen LogP contribution in [0.4, 0.5) is 0 Å². The summed E-state index contributed by atoms with van der Waals surface area (Å²) in [6.07, 6.45) is 5.74. The first-order chi connectivity index (χ1) is 16.5. The molecule has 1 aromatic heterocycles. The Balaban J connectivity index is 1.50. The second kappa shape index (κ2) is 11.0. The summed E-state index contributed by atoms with van der Waals surface area (Å²) in [4.78, 5) is 30.6. The number of furan rings is 1. The SMILES string of the molecule is CCCCC(CC)C(=O)N(CC(=O)N(Cc1ccc2c(c1)OCO2)Cc1ccc(C)o1)C1CC1. The van der Waals surface area contributed by atoms with Gasteiger partial charge in [0.25, 0.3) is 0 Å². The Morgan fingerprint density at radius 2 is 1.85 bits per heavy atom. The smallest absolute Gasteiger partial charge is 0.242 e. The van der Waals surface area contributed by atoms with Crippen molar-refractivity contribution in [1.82, 2.24) is 9.80 Å². The van der Waals surface area contributed by atoms with Crippen LogP contribution in [0.1, 0.15) is 69.5 Å². The summed E-state index contributed by atoms with van der Waals surface area (Å²) >= 11 is 0. The van der Waals surface area contributed by atoms with Crippen LogP contribution >= 0.6 is 0 Å². The first kappa shape index (κ1) is 24.2. The van der Waals surface area contributed by atoms with Gasteiger partial charge in [0.15, 0.2) is 11.5 Å². The minimum Gasteiger partial charge on any atom is -0.464 e. The predicted molar refractivity (Wildman–Crippen MR) is 128 cm³/mol. The van der Waals surface area contributed by atoms with Crippen LogP contribution in [0.3, 0.4) is 0 Å². The van der Waals surface area contributed by atoms with Crippen molar-refractivity contribution in [2.24, 2.45) is 5.92 Å². The van der Waals surface area contributed by atoms with Gasteiger partial charge in [-0.05, 0) is 62.4 Å². The standard InChI is InChI=1S/C27H36N2O5/c1-4-6-7-21(5-2)27(31)29(22-10-11-22)17-26(30)28(16-23-12-8-19(3)34-23)15-20-9-13-24-25(14-20)33-18-32-24/h8-9,12-14,21-22H,4-7,10-11,15-18H2,1-3H3. The van der Waals surface area contributed by atoms with Crippen LogP contribution in [0.25, 0.3) is 0 Å². The molecular weight excluding hydrogens is 432 g/mol. The monoisotopic (exact) mass is 468 g/mol. The lowest BCUT2D eigenvalue weighted by Crippen LogP contribution is -2.45. The largest absolute Gasteiger partial charge is 0.464 e. The molecule has 184 valence electrons. The van der Waals surface area contributed by atoms with Crippen LogP contribution in [0.2, 0.25) is 0 Å². The highest BCUT2D eigenvalue weighted by Gasteiger charge is 2.37. The third kappa shape index (κ3) is 5.93. The molecule has 7 nitrogen and oxygen atoms in total. The summed E-state index contributed by atoms with van der Waals surface area (Å²) < 4.78 is 16.7. The highest BCUT2D eigenvalue weighted by molar-refractivity contribution is 5.86. The minimum absolute atomic E-state index is 0.0108. The summed E-state index contributed by atoms with van der Waals surface area (Å²) in [6, 6.07) is 9.72. The molecule has 2 aliphatic rings. The number of rotatable bonds is 12. The third-order valence-corrected chi connectivity index (χ3v) is 6.63. The molecule has 34 heavy (non-hydrogen) atoms. The molecule has 2 aromatic rings. The maximum Gasteiger partial charge on any atom is 0.242 e. The lowest BCUT2D eigenvalue weighted by molar-refractivity contribution is -0.144. The van der Waals surface area contributed by atoms with Crippen molar-refractivity contribution in [3.8, 4) is 11.5 Å². The zero-order valence-electron chi connectivity index (χ0n) is 20.5. The number of aryl methyl sites for hydroxylation is 1. The average Bonchev–Trinajstić information content (AvgIpc) is 3.42. The summed E-state index contributed by atoms with van der Waals surface area (Å²) in [7, 11) is 0. The summed E-state index contributed by atoms with van der Waals surface area (Å²) in [5.74, 6) is 2.98. The normalized spacial score (nSPS) is 15.3. The second-order valence-corrected chi connectivity index (χ2v) is 9.39. The quantitative estimate of drug-likeness (QED) is 0.436. The van der Waals surface area contributed by atoms with E-state index < -0.39 is 0 Å². The zero-order valence-corrected chi connectivity index (χ0v) is 20.5. The van der Waals surface area contributed by atoms with Gasteiger partial charge in [-0.2, -0.15) is 0 Å². The molecule has 1 atom stereocenters. The number of nitrogens with zero attached hydrogens (tertiary/aromatic N) is 2. The zero-order chi connectivity index (χ0) is 24.1. The summed E-state index contributed by atoms with van der Waals surface area (Å²) in [5.41, 5.74) is 0.944. The molecule has 0 spiro atoms. The Hall–Kier alpha value is -2.96. The van der Waals surface area contributed by atoms with Crippen LogP contribution in [0.15, 0.2) is 34.7 Å². The van der Waals surface area contributed by atoms with Gasteiger partial charge >= 0.3 is 0 Å². The van der Waals surface area contributed by atoms with Crippen molar-refractivity contribution in [1.29, 1.82) is 0 Å². The highest BCUT2D eigenvalue weighted by atomic mass is 16.7. The fourth-order valence-corrected chi connectivity index (χ4v) is 4.46. The van der Waals surface area contributed by atoms with Crippen LogP contribution in [-0.4, -0.2) is 41.0 Å². The number of amides is 2. The molecule has 1 fully saturated rings. The number of benzene rings is 1. The Morgan fingerprint density at radius 1 is 1.06 bits per heavy atom. The van der Waals surface area contributed by atoms with E-state index in [0.29, 0.717) is 24.6 Å². The van der Waals surface area contributed by atoms with Crippen LogP contribution < -0.4 is 9.47 Å². The van der Waals surface area contributed by atoms with E-state index in [-0.39, 0.29) is 37.1 Å². The van der Waals surface area contributed by atoms with Crippen LogP contribution in [-0.2, 0) is 22.7 Å². The van der Waals surface area contributed by atoms with Crippen LogP contribution in [0, 0.1) is 12.8 Å². The fourth-order valence-electron chi connectivity index (χ4n) is 4.46. The van der Waals surface area contributed by atoms with E-state index in [1.54, 1.807) is 4.90 Å². The average molecular weight is 469 g/mol. The van der Waals surface area contributed by atoms with Gasteiger partial charge in [-0.1, -0.05) is 32.8 Å². The molecule has 0 bridgehead atoms. The van der Waals surface area contributed by atoms with Gasteiger partial charge in [0, 0.05) is 18.5 Å². The van der Waals surface area contributed by atoms with Crippen molar-refractivity contribution >= 4 is 11.8 Å². The van der Waals surface area contributed by atoms with Crippen molar-refractivity contribution in [3.05, 3.63) is 47.4 Å². The molecule has 0 N–H and O–H groups in total. The van der Waals surface area contributed by atoms with Gasteiger partial charge in [0.1, 0.15) is 18.1 Å².